The summed E-state index contributed by atoms with van der Waals surface area (Å²) in [5.74, 6) is 0.730. The van der Waals surface area contributed by atoms with Crippen molar-refractivity contribution in [2.75, 3.05) is 13.1 Å². The molecule has 1 rings (SSSR count). The van der Waals surface area contributed by atoms with Crippen molar-refractivity contribution in [2.24, 2.45) is 11.7 Å². The van der Waals surface area contributed by atoms with Crippen molar-refractivity contribution in [2.45, 2.75) is 52.4 Å². The van der Waals surface area contributed by atoms with Crippen LogP contribution in [0.25, 0.3) is 0 Å². The largest absolute Gasteiger partial charge is 0.351 e. The Balaban J connectivity index is 2.10. The molecule has 4 nitrogen and oxygen atoms in total. The maximum atomic E-state index is 11.8. The Labute approximate surface area is 126 Å². The molecule has 0 bridgehead atoms. The van der Waals surface area contributed by atoms with Crippen LogP contribution in [0.1, 0.15) is 61.4 Å². The van der Waals surface area contributed by atoms with Crippen LogP contribution < -0.4 is 11.1 Å². The number of nitrogens with one attached hydrogen (secondary N) is 1. The summed E-state index contributed by atoms with van der Waals surface area (Å²) in [6.07, 6.45) is 6.82. The smallest absolute Gasteiger partial charge is 0.270 e. The molecule has 0 atom stereocenters. The predicted molar refractivity (Wildman–Crippen MR) is 85.1 cm³/mol. The van der Waals surface area contributed by atoms with Gasteiger partial charge >= 0.3 is 0 Å². The molecular formula is C15H27N3OS. The minimum absolute atomic E-state index is 0.0632. The van der Waals surface area contributed by atoms with E-state index in [1.54, 1.807) is 0 Å². The summed E-state index contributed by atoms with van der Waals surface area (Å²) in [4.78, 5) is 16.1. The van der Waals surface area contributed by atoms with E-state index < -0.39 is 0 Å². The van der Waals surface area contributed by atoms with Gasteiger partial charge in [-0.15, -0.1) is 11.3 Å². The van der Waals surface area contributed by atoms with Crippen molar-refractivity contribution in [3.05, 3.63) is 16.1 Å². The summed E-state index contributed by atoms with van der Waals surface area (Å²) in [7, 11) is 0. The lowest BCUT2D eigenvalue weighted by molar-refractivity contribution is 0.0948. The van der Waals surface area contributed by atoms with Crippen LogP contribution >= 0.6 is 11.3 Å². The minimum atomic E-state index is -0.0632. The topological polar surface area (TPSA) is 68.0 Å². The maximum absolute atomic E-state index is 11.8. The molecule has 0 saturated carbocycles. The molecule has 0 radical (unpaired) electrons. The van der Waals surface area contributed by atoms with Crippen LogP contribution in [0.5, 0.6) is 0 Å². The van der Waals surface area contributed by atoms with E-state index in [4.69, 9.17) is 5.73 Å². The molecule has 114 valence electrons. The van der Waals surface area contributed by atoms with E-state index in [0.29, 0.717) is 12.2 Å². The van der Waals surface area contributed by atoms with Crippen LogP contribution in [0.2, 0.25) is 0 Å². The third kappa shape index (κ3) is 7.01. The number of hydrogen-bond donors (Lipinski definition) is 2. The lowest BCUT2D eigenvalue weighted by atomic mass is 10.0. The van der Waals surface area contributed by atoms with Gasteiger partial charge in [-0.2, -0.15) is 0 Å². The second-order valence-corrected chi connectivity index (χ2v) is 6.46. The third-order valence-electron chi connectivity index (χ3n) is 3.14. The molecule has 20 heavy (non-hydrogen) atoms. The number of unbranched alkanes of at least 4 members (excludes halogenated alkanes) is 3. The van der Waals surface area contributed by atoms with Gasteiger partial charge < -0.3 is 11.1 Å². The molecule has 1 heterocycles. The van der Waals surface area contributed by atoms with Crippen LogP contribution in [0, 0.1) is 5.92 Å². The number of rotatable bonds is 10. The van der Waals surface area contributed by atoms with E-state index in [0.717, 1.165) is 30.3 Å². The second kappa shape index (κ2) is 9.88. The van der Waals surface area contributed by atoms with Gasteiger partial charge in [0.25, 0.3) is 5.91 Å². The zero-order valence-electron chi connectivity index (χ0n) is 12.7. The Morgan fingerprint density at radius 3 is 2.80 bits per heavy atom. The molecular weight excluding hydrogens is 270 g/mol. The van der Waals surface area contributed by atoms with Crippen LogP contribution in [0.15, 0.2) is 5.38 Å². The Morgan fingerprint density at radius 2 is 2.10 bits per heavy atom. The van der Waals surface area contributed by atoms with Crippen molar-refractivity contribution in [1.29, 1.82) is 0 Å². The van der Waals surface area contributed by atoms with Crippen LogP contribution in [0.4, 0.5) is 0 Å². The summed E-state index contributed by atoms with van der Waals surface area (Å²) in [5, 5.41) is 5.67. The molecule has 0 aromatic carbocycles. The highest BCUT2D eigenvalue weighted by Gasteiger charge is 2.09. The van der Waals surface area contributed by atoms with Gasteiger partial charge in [0.05, 0.1) is 5.01 Å². The molecule has 0 aliphatic rings. The average Bonchev–Trinajstić information content (AvgIpc) is 2.86. The molecule has 1 aromatic heterocycles. The summed E-state index contributed by atoms with van der Waals surface area (Å²) >= 11 is 1.50. The normalized spacial score (nSPS) is 11.0. The van der Waals surface area contributed by atoms with E-state index in [1.807, 2.05) is 5.38 Å². The van der Waals surface area contributed by atoms with E-state index in [-0.39, 0.29) is 5.91 Å². The second-order valence-electron chi connectivity index (χ2n) is 5.52. The zero-order chi connectivity index (χ0) is 14.8. The molecule has 0 aliphatic carbocycles. The summed E-state index contributed by atoms with van der Waals surface area (Å²) in [6, 6.07) is 0. The van der Waals surface area contributed by atoms with Crippen LogP contribution in [-0.2, 0) is 6.42 Å². The summed E-state index contributed by atoms with van der Waals surface area (Å²) in [5.41, 5.74) is 5.99. The minimum Gasteiger partial charge on any atom is -0.351 e. The van der Waals surface area contributed by atoms with Gasteiger partial charge in [0.1, 0.15) is 5.69 Å². The van der Waals surface area contributed by atoms with Gasteiger partial charge in [0.2, 0.25) is 0 Å². The fourth-order valence-electron chi connectivity index (χ4n) is 1.98. The van der Waals surface area contributed by atoms with Crippen molar-refractivity contribution < 1.29 is 4.79 Å². The number of thiazole rings is 1. The summed E-state index contributed by atoms with van der Waals surface area (Å²) in [6.45, 7) is 5.83. The Hall–Kier alpha value is -0.940. The van der Waals surface area contributed by atoms with E-state index >= 15 is 0 Å². The van der Waals surface area contributed by atoms with Gasteiger partial charge in [-0.3, -0.25) is 4.79 Å². The SMILES string of the molecule is CC(C)CCCCCCNC(=O)c1csc(CCN)n1. The molecule has 0 spiro atoms. The predicted octanol–water partition coefficient (Wildman–Crippen LogP) is 2.98. The first-order chi connectivity index (χ1) is 9.63. The van der Waals surface area contributed by atoms with E-state index in [9.17, 15) is 4.79 Å². The van der Waals surface area contributed by atoms with E-state index in [1.165, 1.54) is 37.0 Å². The van der Waals surface area contributed by atoms with Gasteiger partial charge in [-0.25, -0.2) is 4.98 Å². The van der Waals surface area contributed by atoms with Gasteiger partial charge in [-0.05, 0) is 18.9 Å². The van der Waals surface area contributed by atoms with Gasteiger partial charge in [0.15, 0.2) is 0 Å². The Morgan fingerprint density at radius 1 is 1.35 bits per heavy atom. The first-order valence-electron chi connectivity index (χ1n) is 7.56. The highest BCUT2D eigenvalue weighted by atomic mass is 32.1. The first-order valence-corrected chi connectivity index (χ1v) is 8.44. The fourth-order valence-corrected chi connectivity index (χ4v) is 2.77. The zero-order valence-corrected chi connectivity index (χ0v) is 13.5. The number of nitrogens with two attached hydrogens (primary N) is 1. The first kappa shape index (κ1) is 17.1. The van der Waals surface area contributed by atoms with Crippen LogP contribution in [0.3, 0.4) is 0 Å². The fraction of sp³-hybridized carbons (Fsp3) is 0.733. The van der Waals surface area contributed by atoms with Crippen molar-refractivity contribution in [3.8, 4) is 0 Å². The lowest BCUT2D eigenvalue weighted by Gasteiger charge is -2.05. The number of hydrogen-bond acceptors (Lipinski definition) is 4. The van der Waals surface area contributed by atoms with Gasteiger partial charge in [0, 0.05) is 18.3 Å². The third-order valence-corrected chi connectivity index (χ3v) is 4.04. The molecule has 0 aliphatic heterocycles. The molecule has 5 heteroatoms. The Bertz CT molecular complexity index is 390. The van der Waals surface area contributed by atoms with Gasteiger partial charge in [-0.1, -0.05) is 39.5 Å². The quantitative estimate of drug-likeness (QED) is 0.652. The number of amides is 1. The molecule has 3 N–H and O–H groups in total. The lowest BCUT2D eigenvalue weighted by Crippen LogP contribution is -2.24. The highest BCUT2D eigenvalue weighted by Crippen LogP contribution is 2.11. The van der Waals surface area contributed by atoms with Crippen LogP contribution in [-0.4, -0.2) is 24.0 Å². The summed E-state index contributed by atoms with van der Waals surface area (Å²) < 4.78 is 0. The highest BCUT2D eigenvalue weighted by molar-refractivity contribution is 7.09. The average molecular weight is 297 g/mol. The van der Waals surface area contributed by atoms with Crippen molar-refractivity contribution in [3.63, 3.8) is 0 Å². The molecule has 0 fully saturated rings. The molecule has 1 amide bonds. The van der Waals surface area contributed by atoms with Crippen molar-refractivity contribution in [1.82, 2.24) is 10.3 Å². The number of carbonyl (C=O) groups excluding carboxylic acids is 1. The maximum Gasteiger partial charge on any atom is 0.270 e. The standard InChI is InChI=1S/C15H27N3OS/c1-12(2)7-5-3-4-6-10-17-15(19)13-11-20-14(18-13)8-9-16/h11-12H,3-10,16H2,1-2H3,(H,17,19). The van der Waals surface area contributed by atoms with E-state index in [2.05, 4.69) is 24.1 Å². The molecule has 0 saturated heterocycles. The molecule has 1 aromatic rings. The monoisotopic (exact) mass is 297 g/mol. The number of carbonyl (C=O) groups is 1. The Kier molecular flexibility index (Phi) is 8.46. The van der Waals surface area contributed by atoms with Crippen molar-refractivity contribution >= 4 is 17.2 Å². The number of aromatic nitrogens is 1. The molecule has 0 unspecified atom stereocenters. The number of nitrogens with zero attached hydrogens (tertiary/aromatic N) is 1.